The zero-order chi connectivity index (χ0) is 21.3. The number of benzene rings is 2. The van der Waals surface area contributed by atoms with Gasteiger partial charge in [0.05, 0.1) is 31.2 Å². The molecule has 0 unspecified atom stereocenters. The summed E-state index contributed by atoms with van der Waals surface area (Å²) in [5.41, 5.74) is 2.43. The van der Waals surface area contributed by atoms with Crippen LogP contribution in [0.2, 0.25) is 0 Å². The van der Waals surface area contributed by atoms with Crippen LogP contribution in [0.15, 0.2) is 70.7 Å². The van der Waals surface area contributed by atoms with Crippen LogP contribution in [0, 0.1) is 5.82 Å². The maximum absolute atomic E-state index is 13.1. The van der Waals surface area contributed by atoms with Crippen molar-refractivity contribution in [2.24, 2.45) is 0 Å². The van der Waals surface area contributed by atoms with Crippen molar-refractivity contribution in [3.05, 3.63) is 77.9 Å². The lowest BCUT2D eigenvalue weighted by molar-refractivity contribution is 0.0601. The predicted molar refractivity (Wildman–Crippen MR) is 116 cm³/mol. The Bertz CT molecular complexity index is 1010. The van der Waals surface area contributed by atoms with Gasteiger partial charge in [-0.25, -0.2) is 9.18 Å². The fourth-order valence-electron chi connectivity index (χ4n) is 2.93. The van der Waals surface area contributed by atoms with Gasteiger partial charge in [-0.3, -0.25) is 4.98 Å². The van der Waals surface area contributed by atoms with Gasteiger partial charge >= 0.3 is 5.97 Å². The van der Waals surface area contributed by atoms with E-state index in [1.54, 1.807) is 49.4 Å². The Balaban J connectivity index is 0.000000187. The molecule has 0 radical (unpaired) electrons. The molecular formula is C23H23FN2O3S. The Kier molecular flexibility index (Phi) is 7.68. The van der Waals surface area contributed by atoms with Crippen molar-refractivity contribution in [2.75, 3.05) is 26.1 Å². The summed E-state index contributed by atoms with van der Waals surface area (Å²) < 4.78 is 23.3. The predicted octanol–water partition coefficient (Wildman–Crippen LogP) is 5.21. The SMILES string of the molecule is CNc1cnccc1C(=O)OC.Fc1cccc(Sc2ccc3c(c2)OCCC3)c1. The van der Waals surface area contributed by atoms with Crippen molar-refractivity contribution < 1.29 is 18.7 Å². The van der Waals surface area contributed by atoms with Gasteiger partial charge in [0.1, 0.15) is 11.6 Å². The number of rotatable bonds is 4. The number of esters is 1. The molecule has 0 atom stereocenters. The van der Waals surface area contributed by atoms with Crippen molar-refractivity contribution >= 4 is 23.4 Å². The third kappa shape index (κ3) is 5.73. The summed E-state index contributed by atoms with van der Waals surface area (Å²) >= 11 is 1.55. The molecular weight excluding hydrogens is 403 g/mol. The van der Waals surface area contributed by atoms with E-state index >= 15 is 0 Å². The summed E-state index contributed by atoms with van der Waals surface area (Å²) in [6, 6.07) is 14.5. The standard InChI is InChI=1S/C15H13FOS.C8H10N2O2/c16-12-4-1-5-13(9-12)18-14-7-6-11-3-2-8-17-15(11)10-14;1-9-7-5-10-4-3-6(7)8(11)12-2/h1,4-7,9-10H,2-3,8H2;3-5,9H,1-2H3. The number of aryl methyl sites for hydroxylation is 1. The molecule has 0 spiro atoms. The average molecular weight is 427 g/mol. The van der Waals surface area contributed by atoms with E-state index in [1.807, 2.05) is 12.1 Å². The molecule has 0 aliphatic carbocycles. The lowest BCUT2D eigenvalue weighted by Gasteiger charge is -2.17. The highest BCUT2D eigenvalue weighted by molar-refractivity contribution is 7.99. The fourth-order valence-corrected chi connectivity index (χ4v) is 3.82. The molecule has 2 aromatic carbocycles. The normalized spacial score (nSPS) is 12.0. The third-order valence-corrected chi connectivity index (χ3v) is 5.39. The topological polar surface area (TPSA) is 60.5 Å². The highest BCUT2D eigenvalue weighted by Crippen LogP contribution is 2.34. The zero-order valence-corrected chi connectivity index (χ0v) is 17.7. The van der Waals surface area contributed by atoms with Crippen LogP contribution in [0.3, 0.4) is 0 Å². The first-order valence-electron chi connectivity index (χ1n) is 9.50. The number of halogens is 1. The minimum absolute atomic E-state index is 0.200. The summed E-state index contributed by atoms with van der Waals surface area (Å²) in [5.74, 6) is 0.415. The van der Waals surface area contributed by atoms with E-state index in [1.165, 1.54) is 18.7 Å². The molecule has 3 aromatic rings. The largest absolute Gasteiger partial charge is 0.493 e. The fraction of sp³-hybridized carbons (Fsp3) is 0.217. The second-order valence-corrected chi connectivity index (χ2v) is 7.59. The van der Waals surface area contributed by atoms with E-state index in [0.29, 0.717) is 11.3 Å². The molecule has 5 nitrogen and oxygen atoms in total. The minimum atomic E-state index is -0.359. The van der Waals surface area contributed by atoms with Crippen LogP contribution >= 0.6 is 11.8 Å². The van der Waals surface area contributed by atoms with E-state index in [-0.39, 0.29) is 11.8 Å². The Morgan fingerprint density at radius 3 is 2.80 bits per heavy atom. The number of aromatic nitrogens is 1. The van der Waals surface area contributed by atoms with Gasteiger partial charge in [0, 0.05) is 23.0 Å². The Labute approximate surface area is 179 Å². The third-order valence-electron chi connectivity index (χ3n) is 4.41. The number of anilines is 1. The molecule has 1 aliphatic rings. The summed E-state index contributed by atoms with van der Waals surface area (Å²) in [6.07, 6.45) is 5.29. The molecule has 156 valence electrons. The quantitative estimate of drug-likeness (QED) is 0.578. The lowest BCUT2D eigenvalue weighted by atomic mass is 10.1. The van der Waals surface area contributed by atoms with E-state index in [0.717, 1.165) is 35.0 Å². The minimum Gasteiger partial charge on any atom is -0.493 e. The van der Waals surface area contributed by atoms with Crippen molar-refractivity contribution in [1.29, 1.82) is 0 Å². The zero-order valence-electron chi connectivity index (χ0n) is 16.9. The number of methoxy groups -OCH3 is 1. The summed E-state index contributed by atoms with van der Waals surface area (Å²) in [4.78, 5) is 17.0. The van der Waals surface area contributed by atoms with Crippen LogP contribution in [-0.2, 0) is 11.2 Å². The Morgan fingerprint density at radius 1 is 1.20 bits per heavy atom. The summed E-state index contributed by atoms with van der Waals surface area (Å²) in [7, 11) is 3.08. The van der Waals surface area contributed by atoms with E-state index in [4.69, 9.17) is 4.74 Å². The summed E-state index contributed by atoms with van der Waals surface area (Å²) in [6.45, 7) is 0.793. The first-order chi connectivity index (χ1) is 14.6. The van der Waals surface area contributed by atoms with Gasteiger partial charge in [-0.05, 0) is 54.8 Å². The first-order valence-corrected chi connectivity index (χ1v) is 10.3. The second-order valence-electron chi connectivity index (χ2n) is 6.44. The lowest BCUT2D eigenvalue weighted by Crippen LogP contribution is -2.07. The van der Waals surface area contributed by atoms with Gasteiger partial charge in [0.2, 0.25) is 0 Å². The van der Waals surface area contributed by atoms with Crippen molar-refractivity contribution in [3.8, 4) is 5.75 Å². The number of hydrogen-bond donors (Lipinski definition) is 1. The Hall–Kier alpha value is -3.06. The number of nitrogens with one attached hydrogen (secondary N) is 1. The van der Waals surface area contributed by atoms with Gasteiger partial charge < -0.3 is 14.8 Å². The molecule has 0 amide bonds. The number of nitrogens with zero attached hydrogens (tertiary/aromatic N) is 1. The van der Waals surface area contributed by atoms with Gasteiger partial charge in [-0.2, -0.15) is 0 Å². The highest BCUT2D eigenvalue weighted by atomic mass is 32.2. The first kappa shape index (κ1) is 21.6. The molecule has 0 saturated heterocycles. The molecule has 0 saturated carbocycles. The van der Waals surface area contributed by atoms with Crippen LogP contribution in [0.25, 0.3) is 0 Å². The van der Waals surface area contributed by atoms with Gasteiger partial charge in [-0.15, -0.1) is 0 Å². The monoisotopic (exact) mass is 426 g/mol. The smallest absolute Gasteiger partial charge is 0.340 e. The van der Waals surface area contributed by atoms with Crippen LogP contribution in [-0.4, -0.2) is 31.7 Å². The number of carbonyl (C=O) groups excluding carboxylic acids is 1. The van der Waals surface area contributed by atoms with E-state index in [2.05, 4.69) is 27.2 Å². The number of pyridine rings is 1. The van der Waals surface area contributed by atoms with Crippen molar-refractivity contribution in [1.82, 2.24) is 4.98 Å². The maximum atomic E-state index is 13.1. The highest BCUT2D eigenvalue weighted by Gasteiger charge is 2.11. The molecule has 30 heavy (non-hydrogen) atoms. The van der Waals surface area contributed by atoms with E-state index < -0.39 is 0 Å². The van der Waals surface area contributed by atoms with Crippen LogP contribution in [0.5, 0.6) is 5.75 Å². The number of ether oxygens (including phenoxy) is 2. The molecule has 0 bridgehead atoms. The maximum Gasteiger partial charge on any atom is 0.340 e. The van der Waals surface area contributed by atoms with Crippen LogP contribution < -0.4 is 10.1 Å². The number of carbonyl (C=O) groups is 1. The molecule has 1 N–H and O–H groups in total. The van der Waals surface area contributed by atoms with Crippen molar-refractivity contribution in [3.63, 3.8) is 0 Å². The Morgan fingerprint density at radius 2 is 2.03 bits per heavy atom. The number of hydrogen-bond acceptors (Lipinski definition) is 6. The molecule has 0 fully saturated rings. The van der Waals surface area contributed by atoms with Crippen molar-refractivity contribution in [2.45, 2.75) is 22.6 Å². The van der Waals surface area contributed by atoms with Gasteiger partial charge in [-0.1, -0.05) is 23.9 Å². The molecule has 1 aliphatic heterocycles. The number of fused-ring (bicyclic) bond motifs is 1. The second kappa shape index (κ2) is 10.6. The van der Waals surface area contributed by atoms with Crippen LogP contribution in [0.4, 0.5) is 10.1 Å². The van der Waals surface area contributed by atoms with E-state index in [9.17, 15) is 9.18 Å². The molecule has 2 heterocycles. The van der Waals surface area contributed by atoms with Gasteiger partial charge in [0.15, 0.2) is 0 Å². The summed E-state index contributed by atoms with van der Waals surface area (Å²) in [5, 5.41) is 2.85. The molecule has 4 rings (SSSR count). The molecule has 7 heteroatoms. The average Bonchev–Trinajstić information content (AvgIpc) is 2.79. The van der Waals surface area contributed by atoms with Gasteiger partial charge in [0.25, 0.3) is 0 Å². The van der Waals surface area contributed by atoms with Crippen LogP contribution in [0.1, 0.15) is 22.3 Å². The molecule has 1 aromatic heterocycles.